The van der Waals surface area contributed by atoms with E-state index in [4.69, 9.17) is 9.47 Å². The zero-order valence-electron chi connectivity index (χ0n) is 24.0. The zero-order chi connectivity index (χ0) is 30.3. The molecule has 2 amide bonds. The van der Waals surface area contributed by atoms with Crippen LogP contribution >= 0.6 is 15.9 Å². The molecule has 0 aliphatic rings. The lowest BCUT2D eigenvalue weighted by atomic mass is 10.1. The van der Waals surface area contributed by atoms with Crippen LogP contribution in [0.1, 0.15) is 31.9 Å². The topological polar surface area (TPSA) is 105 Å². The fourth-order valence-electron chi connectivity index (χ4n) is 4.12. The van der Waals surface area contributed by atoms with Gasteiger partial charge in [0.05, 0.1) is 24.8 Å². The second-order valence-corrected chi connectivity index (χ2v) is 12.6. The number of anilines is 1. The van der Waals surface area contributed by atoms with Crippen LogP contribution in [0.2, 0.25) is 0 Å². The zero-order valence-corrected chi connectivity index (χ0v) is 26.5. The first-order valence-corrected chi connectivity index (χ1v) is 15.3. The van der Waals surface area contributed by atoms with Crippen molar-refractivity contribution >= 4 is 43.5 Å². The van der Waals surface area contributed by atoms with Crippen molar-refractivity contribution in [1.82, 2.24) is 10.2 Å². The van der Waals surface area contributed by atoms with Crippen LogP contribution in [0.4, 0.5) is 5.69 Å². The number of nitrogens with one attached hydrogen (secondary N) is 1. The van der Waals surface area contributed by atoms with Crippen LogP contribution in [0.25, 0.3) is 0 Å². The summed E-state index contributed by atoms with van der Waals surface area (Å²) in [4.78, 5) is 28.5. The highest BCUT2D eigenvalue weighted by atomic mass is 79.9. The maximum absolute atomic E-state index is 14.1. The van der Waals surface area contributed by atoms with E-state index in [-0.39, 0.29) is 34.8 Å². The van der Waals surface area contributed by atoms with E-state index in [1.54, 1.807) is 31.2 Å². The molecule has 0 fully saturated rings. The van der Waals surface area contributed by atoms with Gasteiger partial charge in [-0.25, -0.2) is 8.42 Å². The van der Waals surface area contributed by atoms with E-state index < -0.39 is 28.5 Å². The molecule has 1 atom stereocenters. The molecule has 3 aromatic rings. The summed E-state index contributed by atoms with van der Waals surface area (Å²) in [6.45, 7) is 6.64. The van der Waals surface area contributed by atoms with Crippen LogP contribution in [0.5, 0.6) is 11.5 Å². The van der Waals surface area contributed by atoms with Crippen LogP contribution in [-0.4, -0.2) is 58.0 Å². The van der Waals surface area contributed by atoms with E-state index in [9.17, 15) is 18.0 Å². The first-order chi connectivity index (χ1) is 19.4. The molecule has 1 N–H and O–H groups in total. The van der Waals surface area contributed by atoms with Gasteiger partial charge in [-0.2, -0.15) is 0 Å². The Bertz CT molecular complexity index is 1460. The molecule has 3 rings (SSSR count). The van der Waals surface area contributed by atoms with Crippen molar-refractivity contribution in [2.24, 2.45) is 0 Å². The minimum atomic E-state index is -4.26. The van der Waals surface area contributed by atoms with Gasteiger partial charge in [-0.1, -0.05) is 45.8 Å². The molecule has 0 spiro atoms. The number of methoxy groups -OCH3 is 2. The molecule has 220 valence electrons. The Morgan fingerprint density at radius 3 is 2.12 bits per heavy atom. The van der Waals surface area contributed by atoms with Gasteiger partial charge in [-0.3, -0.25) is 13.9 Å². The number of hydrogen-bond donors (Lipinski definition) is 1. The summed E-state index contributed by atoms with van der Waals surface area (Å²) in [5.41, 5.74) is 1.79. The Morgan fingerprint density at radius 1 is 0.927 bits per heavy atom. The van der Waals surface area contributed by atoms with Crippen molar-refractivity contribution in [3.63, 3.8) is 0 Å². The number of hydrogen-bond acceptors (Lipinski definition) is 6. The number of ether oxygens (including phenoxy) is 2. The molecular formula is C30H36BrN3O6S. The third kappa shape index (κ3) is 8.01. The van der Waals surface area contributed by atoms with Crippen molar-refractivity contribution in [3.05, 3.63) is 82.3 Å². The Balaban J connectivity index is 2.12. The summed E-state index contributed by atoms with van der Waals surface area (Å²) >= 11 is 3.41. The van der Waals surface area contributed by atoms with Crippen LogP contribution in [-0.2, 0) is 26.2 Å². The number of rotatable bonds is 12. The molecule has 0 aliphatic carbocycles. The molecule has 0 aliphatic heterocycles. The second-order valence-electron chi connectivity index (χ2n) is 9.85. The molecule has 0 heterocycles. The molecule has 0 bridgehead atoms. The molecule has 9 nitrogen and oxygen atoms in total. The van der Waals surface area contributed by atoms with Gasteiger partial charge in [0.1, 0.15) is 24.1 Å². The van der Waals surface area contributed by atoms with E-state index in [0.717, 1.165) is 19.9 Å². The number of carbonyl (C=O) groups excluding carboxylic acids is 2. The Hall–Kier alpha value is -3.57. The minimum absolute atomic E-state index is 0.00540. The molecule has 0 saturated heterocycles. The summed E-state index contributed by atoms with van der Waals surface area (Å²) in [5, 5.41) is 2.84. The van der Waals surface area contributed by atoms with Gasteiger partial charge in [0.15, 0.2) is 0 Å². The highest BCUT2D eigenvalue weighted by Gasteiger charge is 2.34. The number of benzene rings is 3. The summed E-state index contributed by atoms with van der Waals surface area (Å²) in [6, 6.07) is 17.4. The standard InChI is InChI=1S/C30H36BrN3O6S/c1-20(2)32-30(36)22(4)33(18-23-9-11-24(31)12-10-23)29(35)19-34(27-17-25(39-5)13-16-28(27)40-6)41(37,38)26-14-7-21(3)8-15-26/h7-17,20,22H,18-19H2,1-6H3,(H,32,36)/t22-/m0/s1. The van der Waals surface area contributed by atoms with Crippen molar-refractivity contribution < 1.29 is 27.5 Å². The van der Waals surface area contributed by atoms with Gasteiger partial charge >= 0.3 is 0 Å². The van der Waals surface area contributed by atoms with Crippen LogP contribution in [0, 0.1) is 6.92 Å². The highest BCUT2D eigenvalue weighted by Crippen LogP contribution is 2.36. The van der Waals surface area contributed by atoms with Gasteiger partial charge in [0.25, 0.3) is 10.0 Å². The number of carbonyl (C=O) groups is 2. The van der Waals surface area contributed by atoms with E-state index in [1.165, 1.54) is 37.3 Å². The molecule has 0 saturated carbocycles. The van der Waals surface area contributed by atoms with Crippen molar-refractivity contribution in [2.75, 3.05) is 25.1 Å². The molecule has 0 radical (unpaired) electrons. The number of amides is 2. The molecule has 41 heavy (non-hydrogen) atoms. The molecule has 0 aromatic heterocycles. The third-order valence-electron chi connectivity index (χ3n) is 6.41. The fraction of sp³-hybridized carbons (Fsp3) is 0.333. The lowest BCUT2D eigenvalue weighted by molar-refractivity contribution is -0.139. The van der Waals surface area contributed by atoms with Crippen molar-refractivity contribution in [1.29, 1.82) is 0 Å². The fourth-order valence-corrected chi connectivity index (χ4v) is 5.80. The van der Waals surface area contributed by atoms with Crippen LogP contribution < -0.4 is 19.1 Å². The summed E-state index contributed by atoms with van der Waals surface area (Å²) in [5.74, 6) is -0.301. The quantitative estimate of drug-likeness (QED) is 0.300. The number of sulfonamides is 1. The Morgan fingerprint density at radius 2 is 1.56 bits per heavy atom. The van der Waals surface area contributed by atoms with Gasteiger partial charge in [0.2, 0.25) is 11.8 Å². The normalized spacial score (nSPS) is 12.0. The second kappa shape index (κ2) is 13.9. The Kier molecular flexibility index (Phi) is 10.8. The predicted molar refractivity (Wildman–Crippen MR) is 163 cm³/mol. The van der Waals surface area contributed by atoms with Gasteiger partial charge in [-0.15, -0.1) is 0 Å². The third-order valence-corrected chi connectivity index (χ3v) is 8.71. The number of aryl methyl sites for hydroxylation is 1. The average Bonchev–Trinajstić information content (AvgIpc) is 2.94. The van der Waals surface area contributed by atoms with Crippen molar-refractivity contribution in [2.45, 2.75) is 51.2 Å². The number of nitrogens with zero attached hydrogens (tertiary/aromatic N) is 2. The molecule has 3 aromatic carbocycles. The van der Waals surface area contributed by atoms with E-state index in [2.05, 4.69) is 21.2 Å². The maximum Gasteiger partial charge on any atom is 0.264 e. The molecule has 11 heteroatoms. The average molecular weight is 647 g/mol. The predicted octanol–water partition coefficient (Wildman–Crippen LogP) is 4.91. The lowest BCUT2D eigenvalue weighted by Gasteiger charge is -2.32. The number of halogens is 1. The maximum atomic E-state index is 14.1. The highest BCUT2D eigenvalue weighted by molar-refractivity contribution is 9.10. The minimum Gasteiger partial charge on any atom is -0.497 e. The largest absolute Gasteiger partial charge is 0.497 e. The van der Waals surface area contributed by atoms with E-state index in [0.29, 0.717) is 5.75 Å². The van der Waals surface area contributed by atoms with Gasteiger partial charge in [0, 0.05) is 23.1 Å². The monoisotopic (exact) mass is 645 g/mol. The molecule has 0 unspecified atom stereocenters. The summed E-state index contributed by atoms with van der Waals surface area (Å²) in [7, 11) is -1.38. The smallest absolute Gasteiger partial charge is 0.264 e. The SMILES string of the molecule is COc1ccc(OC)c(N(CC(=O)N(Cc2ccc(Br)cc2)[C@@H](C)C(=O)NC(C)C)S(=O)(=O)c2ccc(C)cc2)c1. The van der Waals surface area contributed by atoms with Crippen LogP contribution in [0.15, 0.2) is 76.1 Å². The van der Waals surface area contributed by atoms with Gasteiger partial charge < -0.3 is 19.7 Å². The van der Waals surface area contributed by atoms with Gasteiger partial charge in [-0.05, 0) is 69.7 Å². The van der Waals surface area contributed by atoms with E-state index in [1.807, 2.05) is 45.0 Å². The molecular weight excluding hydrogens is 610 g/mol. The summed E-state index contributed by atoms with van der Waals surface area (Å²) in [6.07, 6.45) is 0. The first kappa shape index (κ1) is 32.0. The van der Waals surface area contributed by atoms with Crippen molar-refractivity contribution in [3.8, 4) is 11.5 Å². The Labute approximate surface area is 250 Å². The first-order valence-electron chi connectivity index (χ1n) is 13.0. The van der Waals surface area contributed by atoms with E-state index >= 15 is 0 Å². The summed E-state index contributed by atoms with van der Waals surface area (Å²) < 4.78 is 40.9. The van der Waals surface area contributed by atoms with Crippen LogP contribution in [0.3, 0.4) is 0 Å². The lowest BCUT2D eigenvalue weighted by Crippen LogP contribution is -2.52.